The first-order chi connectivity index (χ1) is 34.6. The number of hydrogen-bond acceptors (Lipinski definition) is 2. The number of fused-ring (bicyclic) bond motifs is 13. The van der Waals surface area contributed by atoms with Crippen LogP contribution in [-0.4, -0.2) is 16.1 Å². The van der Waals surface area contributed by atoms with Crippen LogP contribution in [0.25, 0.3) is 32.7 Å². The van der Waals surface area contributed by atoms with Crippen molar-refractivity contribution in [2.75, 3.05) is 9.80 Å². The second kappa shape index (κ2) is 16.7. The van der Waals surface area contributed by atoms with E-state index in [9.17, 15) is 0 Å². The van der Waals surface area contributed by atoms with Crippen molar-refractivity contribution >= 4 is 82.2 Å². The van der Waals surface area contributed by atoms with Crippen molar-refractivity contribution in [2.45, 2.75) is 77.8 Å². The predicted molar refractivity (Wildman–Crippen MR) is 316 cm³/mol. The monoisotopic (exact) mass is 964 g/mol. The largest absolute Gasteiger partial charge is 0.310 e. The summed E-state index contributed by atoms with van der Waals surface area (Å²) in [7, 11) is -3.14. The molecule has 72 heavy (non-hydrogen) atoms. The highest BCUT2D eigenvalue weighted by Gasteiger charge is 2.55. The predicted octanol–water partition coefficient (Wildman–Crippen LogP) is 17.6. The first kappa shape index (κ1) is 45.9. The molecule has 0 saturated heterocycles. The van der Waals surface area contributed by atoms with E-state index in [1.165, 1.54) is 98.9 Å². The van der Waals surface area contributed by atoms with E-state index in [1.807, 2.05) is 0 Å². The van der Waals surface area contributed by atoms with Crippen molar-refractivity contribution in [3.63, 3.8) is 0 Å². The molecule has 2 aliphatic carbocycles. The fraction of sp³-hybridized carbons (Fsp3) is 0.176. The number of anilines is 6. The zero-order chi connectivity index (χ0) is 49.9. The van der Waals surface area contributed by atoms with Crippen LogP contribution in [0, 0.1) is 13.8 Å². The molecule has 0 unspecified atom stereocenters. The summed E-state index contributed by atoms with van der Waals surface area (Å²) in [6, 6.07) is 79.7. The molecule has 0 amide bonds. The van der Waals surface area contributed by atoms with Crippen LogP contribution >= 0.6 is 0 Å². The highest BCUT2D eigenvalue weighted by atomic mass is 28.3. The fourth-order valence-electron chi connectivity index (χ4n) is 12.5. The maximum atomic E-state index is 2.61. The number of rotatable bonds is 8. The van der Waals surface area contributed by atoms with Gasteiger partial charge in [0.05, 0.1) is 32.9 Å². The number of aryl methyl sites for hydroxylation is 2. The Morgan fingerprint density at radius 2 is 0.667 bits per heavy atom. The Morgan fingerprint density at radius 1 is 0.319 bits per heavy atom. The van der Waals surface area contributed by atoms with Gasteiger partial charge in [0.15, 0.2) is 0 Å². The topological polar surface area (TPSA) is 6.48 Å². The Balaban J connectivity index is 1.26. The first-order valence-corrected chi connectivity index (χ1v) is 32.8. The summed E-state index contributed by atoms with van der Waals surface area (Å²) in [6.45, 7) is 23.9. The Hall–Kier alpha value is -7.25. The molecule has 10 aromatic rings. The van der Waals surface area contributed by atoms with Crippen molar-refractivity contribution < 1.29 is 0 Å². The Bertz CT molecular complexity index is 3530. The Labute approximate surface area is 429 Å². The second-order valence-electron chi connectivity index (χ2n) is 23.1. The SMILES string of the molecule is Cc1cccc(N(c2ccc([Si](C)(C)C)cc2)c2cc3c(c4ccccc24)-c2c(cc(N(c4ccc([Si](C)(C)C)cc4)c4cccc(C)c4)c4ccccc24)C32c3ccccc3C(C)(C)c3ccccc32)c1. The van der Waals surface area contributed by atoms with Crippen LogP contribution in [0.4, 0.5) is 34.1 Å². The van der Waals surface area contributed by atoms with E-state index >= 15 is 0 Å². The number of nitrogens with zero attached hydrogens (tertiary/aromatic N) is 2. The second-order valence-corrected chi connectivity index (χ2v) is 33.3. The third kappa shape index (κ3) is 7.01. The summed E-state index contributed by atoms with van der Waals surface area (Å²) >= 11 is 0. The fourth-order valence-corrected chi connectivity index (χ4v) is 14.9. The maximum Gasteiger partial charge on any atom is 0.0775 e. The van der Waals surface area contributed by atoms with Gasteiger partial charge in [0.2, 0.25) is 0 Å². The first-order valence-electron chi connectivity index (χ1n) is 25.8. The van der Waals surface area contributed by atoms with Crippen LogP contribution in [0.3, 0.4) is 0 Å². The molecule has 0 aliphatic heterocycles. The summed E-state index contributed by atoms with van der Waals surface area (Å²) in [4.78, 5) is 5.08. The quantitative estimate of drug-likeness (QED) is 0.140. The van der Waals surface area contributed by atoms with Crippen LogP contribution in [-0.2, 0) is 10.8 Å². The van der Waals surface area contributed by atoms with Crippen molar-refractivity contribution in [3.05, 3.63) is 251 Å². The summed E-state index contributed by atoms with van der Waals surface area (Å²) in [5, 5.41) is 7.88. The van der Waals surface area contributed by atoms with Crippen LogP contribution in [0.5, 0.6) is 0 Å². The summed E-state index contributed by atoms with van der Waals surface area (Å²) < 4.78 is 0. The van der Waals surface area contributed by atoms with E-state index in [2.05, 4.69) is 283 Å². The van der Waals surface area contributed by atoms with E-state index in [-0.39, 0.29) is 5.41 Å². The molecule has 354 valence electrons. The van der Waals surface area contributed by atoms with E-state index in [0.717, 1.165) is 22.7 Å². The molecule has 4 heteroatoms. The van der Waals surface area contributed by atoms with Crippen molar-refractivity contribution in [1.82, 2.24) is 0 Å². The van der Waals surface area contributed by atoms with Crippen LogP contribution in [0.15, 0.2) is 206 Å². The van der Waals surface area contributed by atoms with Crippen LogP contribution < -0.4 is 20.2 Å². The zero-order valence-electron chi connectivity index (χ0n) is 43.5. The van der Waals surface area contributed by atoms with Crippen molar-refractivity contribution in [3.8, 4) is 11.1 Å². The molecule has 12 rings (SSSR count). The van der Waals surface area contributed by atoms with Gasteiger partial charge in [0.25, 0.3) is 0 Å². The van der Waals surface area contributed by atoms with Gasteiger partial charge in [-0.3, -0.25) is 0 Å². The Kier molecular flexibility index (Phi) is 10.6. The zero-order valence-corrected chi connectivity index (χ0v) is 45.5. The average Bonchev–Trinajstić information content (AvgIpc) is 3.66. The lowest BCUT2D eigenvalue weighted by Crippen LogP contribution is -2.40. The summed E-state index contributed by atoms with van der Waals surface area (Å²) in [5.74, 6) is 0. The average molecular weight is 965 g/mol. The maximum absolute atomic E-state index is 2.61. The summed E-state index contributed by atoms with van der Waals surface area (Å²) in [6.07, 6.45) is 0. The molecule has 0 atom stereocenters. The minimum absolute atomic E-state index is 0.252. The minimum atomic E-state index is -1.57. The van der Waals surface area contributed by atoms with Crippen LogP contribution in [0.2, 0.25) is 39.3 Å². The normalized spacial score (nSPS) is 14.2. The smallest absolute Gasteiger partial charge is 0.0775 e. The highest BCUT2D eigenvalue weighted by molar-refractivity contribution is 6.89. The van der Waals surface area contributed by atoms with E-state index in [4.69, 9.17) is 0 Å². The molecule has 0 N–H and O–H groups in total. The standard InChI is InChI=1S/C68H64N2Si2/c1-45-21-19-23-49(41-45)69(47-33-37-51(38-34-47)71(5,6)7)63-43-61-65(55-27-13-11-25-53(55)63)66-56-28-14-12-26-54(56)64(70(50-24-20-22-46(2)42-50)48-35-39-52(40-36-48)72(8,9)10)44-62(66)68(61)59-31-17-15-29-57(59)67(3,4)58-30-16-18-32-60(58)68/h11-44H,1-10H3. The molecule has 1 spiro atoms. The number of hydrogen-bond donors (Lipinski definition) is 0. The van der Waals surface area contributed by atoms with Crippen molar-refractivity contribution in [2.24, 2.45) is 0 Å². The molecular weight excluding hydrogens is 901 g/mol. The molecule has 2 nitrogen and oxygen atoms in total. The van der Waals surface area contributed by atoms with Gasteiger partial charge in [-0.15, -0.1) is 0 Å². The van der Waals surface area contributed by atoms with Gasteiger partial charge in [-0.2, -0.15) is 0 Å². The molecule has 0 radical (unpaired) electrons. The minimum Gasteiger partial charge on any atom is -0.310 e. The lowest BCUT2D eigenvalue weighted by Gasteiger charge is -2.47. The van der Waals surface area contributed by atoms with E-state index in [1.54, 1.807) is 0 Å². The van der Waals surface area contributed by atoms with Gasteiger partial charge in [-0.05, 0) is 141 Å². The van der Waals surface area contributed by atoms with Gasteiger partial charge < -0.3 is 9.80 Å². The molecule has 2 aliphatic rings. The van der Waals surface area contributed by atoms with Gasteiger partial charge in [0.1, 0.15) is 0 Å². The highest BCUT2D eigenvalue weighted by Crippen LogP contribution is 2.66. The van der Waals surface area contributed by atoms with E-state index in [0.29, 0.717) is 0 Å². The van der Waals surface area contributed by atoms with Crippen molar-refractivity contribution in [1.29, 1.82) is 0 Å². The lowest BCUT2D eigenvalue weighted by atomic mass is 9.55. The number of benzene rings is 10. The molecular formula is C68H64N2Si2. The van der Waals surface area contributed by atoms with Gasteiger partial charge in [0, 0.05) is 38.9 Å². The molecule has 0 heterocycles. The molecule has 0 bridgehead atoms. The summed E-state index contributed by atoms with van der Waals surface area (Å²) in [5.41, 5.74) is 19.2. The third-order valence-corrected chi connectivity index (χ3v) is 20.2. The van der Waals surface area contributed by atoms with Gasteiger partial charge in [-0.1, -0.05) is 209 Å². The third-order valence-electron chi connectivity index (χ3n) is 16.1. The van der Waals surface area contributed by atoms with Crippen LogP contribution in [0.1, 0.15) is 58.4 Å². The lowest BCUT2D eigenvalue weighted by molar-refractivity contribution is 0.563. The Morgan fingerprint density at radius 3 is 1.03 bits per heavy atom. The molecule has 10 aromatic carbocycles. The molecule has 0 aromatic heterocycles. The van der Waals surface area contributed by atoms with Gasteiger partial charge in [-0.25, -0.2) is 0 Å². The molecule has 0 saturated carbocycles. The molecule has 0 fully saturated rings. The van der Waals surface area contributed by atoms with E-state index < -0.39 is 21.6 Å². The van der Waals surface area contributed by atoms with Gasteiger partial charge >= 0.3 is 0 Å².